The van der Waals surface area contributed by atoms with Crippen LogP contribution in [-0.2, 0) is 16.0 Å². The SMILES string of the molecule is COCC(=O)N1CCN(c2nc(C)nc(C)c2Cc2cc(C)ccc2C)CC1. The lowest BCUT2D eigenvalue weighted by Gasteiger charge is -2.36. The number of ether oxygens (including phenoxy) is 1. The summed E-state index contributed by atoms with van der Waals surface area (Å²) in [4.78, 5) is 25.7. The quantitative estimate of drug-likeness (QED) is 0.796. The maximum atomic E-state index is 12.1. The molecule has 1 aromatic heterocycles. The molecule has 0 aliphatic carbocycles. The molecule has 1 aromatic carbocycles. The minimum Gasteiger partial charge on any atom is -0.375 e. The number of anilines is 1. The van der Waals surface area contributed by atoms with Crippen molar-refractivity contribution in [2.45, 2.75) is 34.1 Å². The van der Waals surface area contributed by atoms with Gasteiger partial charge in [-0.25, -0.2) is 9.97 Å². The highest BCUT2D eigenvalue weighted by atomic mass is 16.5. The monoisotopic (exact) mass is 382 g/mol. The number of methoxy groups -OCH3 is 1. The van der Waals surface area contributed by atoms with Crippen LogP contribution in [0.3, 0.4) is 0 Å². The Kier molecular flexibility index (Phi) is 6.29. The van der Waals surface area contributed by atoms with Crippen molar-refractivity contribution in [3.8, 4) is 0 Å². The number of aryl methyl sites for hydroxylation is 4. The van der Waals surface area contributed by atoms with Crippen molar-refractivity contribution in [2.24, 2.45) is 0 Å². The molecule has 2 heterocycles. The summed E-state index contributed by atoms with van der Waals surface area (Å²) in [6.07, 6.45) is 0.817. The van der Waals surface area contributed by atoms with Gasteiger partial charge in [0, 0.05) is 51.0 Å². The number of rotatable bonds is 5. The van der Waals surface area contributed by atoms with Crippen LogP contribution >= 0.6 is 0 Å². The van der Waals surface area contributed by atoms with E-state index in [0.717, 1.165) is 36.8 Å². The van der Waals surface area contributed by atoms with Gasteiger partial charge in [-0.15, -0.1) is 0 Å². The third-order valence-electron chi connectivity index (χ3n) is 5.38. The molecule has 1 saturated heterocycles. The molecule has 0 radical (unpaired) electrons. The van der Waals surface area contributed by atoms with Crippen LogP contribution in [-0.4, -0.2) is 60.7 Å². The van der Waals surface area contributed by atoms with Gasteiger partial charge >= 0.3 is 0 Å². The first-order chi connectivity index (χ1) is 13.4. The van der Waals surface area contributed by atoms with Crippen LogP contribution in [0, 0.1) is 27.7 Å². The number of hydrogen-bond donors (Lipinski definition) is 0. The smallest absolute Gasteiger partial charge is 0.248 e. The molecule has 3 rings (SSSR count). The van der Waals surface area contributed by atoms with Gasteiger partial charge in [-0.05, 0) is 38.8 Å². The average Bonchev–Trinajstić information content (AvgIpc) is 2.66. The molecule has 1 aliphatic rings. The number of nitrogens with zero attached hydrogens (tertiary/aromatic N) is 4. The molecule has 0 bridgehead atoms. The van der Waals surface area contributed by atoms with E-state index >= 15 is 0 Å². The first kappa shape index (κ1) is 20.3. The van der Waals surface area contributed by atoms with E-state index in [1.807, 2.05) is 11.8 Å². The fourth-order valence-electron chi connectivity index (χ4n) is 3.75. The largest absolute Gasteiger partial charge is 0.375 e. The van der Waals surface area contributed by atoms with E-state index in [0.29, 0.717) is 13.1 Å². The Labute approximate surface area is 167 Å². The Morgan fingerprint density at radius 2 is 1.79 bits per heavy atom. The van der Waals surface area contributed by atoms with Gasteiger partial charge in [-0.1, -0.05) is 23.8 Å². The summed E-state index contributed by atoms with van der Waals surface area (Å²) in [5, 5.41) is 0. The highest BCUT2D eigenvalue weighted by Gasteiger charge is 2.24. The van der Waals surface area contributed by atoms with Crippen LogP contribution in [0.2, 0.25) is 0 Å². The molecule has 1 aliphatic heterocycles. The van der Waals surface area contributed by atoms with E-state index in [1.165, 1.54) is 22.3 Å². The number of hydrogen-bond acceptors (Lipinski definition) is 5. The molecule has 1 amide bonds. The van der Waals surface area contributed by atoms with Gasteiger partial charge < -0.3 is 14.5 Å². The van der Waals surface area contributed by atoms with E-state index in [1.54, 1.807) is 7.11 Å². The number of aromatic nitrogens is 2. The Morgan fingerprint density at radius 3 is 2.46 bits per heavy atom. The Morgan fingerprint density at radius 1 is 1.07 bits per heavy atom. The molecule has 2 aromatic rings. The zero-order chi connectivity index (χ0) is 20.3. The summed E-state index contributed by atoms with van der Waals surface area (Å²) in [5.41, 5.74) is 6.06. The Bertz CT molecular complexity index is 858. The number of carbonyl (C=O) groups excluding carboxylic acids is 1. The lowest BCUT2D eigenvalue weighted by Crippen LogP contribution is -2.50. The second kappa shape index (κ2) is 8.69. The van der Waals surface area contributed by atoms with Crippen LogP contribution in [0.25, 0.3) is 0 Å². The van der Waals surface area contributed by atoms with Gasteiger partial charge in [-0.3, -0.25) is 4.79 Å². The van der Waals surface area contributed by atoms with Gasteiger partial charge in [0.05, 0.1) is 0 Å². The fourth-order valence-corrected chi connectivity index (χ4v) is 3.75. The van der Waals surface area contributed by atoms with Crippen molar-refractivity contribution < 1.29 is 9.53 Å². The topological polar surface area (TPSA) is 58.6 Å². The van der Waals surface area contributed by atoms with E-state index < -0.39 is 0 Å². The summed E-state index contributed by atoms with van der Waals surface area (Å²) in [7, 11) is 1.56. The maximum absolute atomic E-state index is 12.1. The maximum Gasteiger partial charge on any atom is 0.248 e. The van der Waals surface area contributed by atoms with Crippen molar-refractivity contribution in [3.05, 3.63) is 52.0 Å². The first-order valence-corrected chi connectivity index (χ1v) is 9.81. The standard InChI is InChI=1S/C22H30N4O2/c1-15-6-7-16(2)19(12-15)13-20-17(3)23-18(4)24-22(20)26-10-8-25(9-11-26)21(27)14-28-5/h6-7,12H,8-11,13-14H2,1-5H3. The highest BCUT2D eigenvalue weighted by Crippen LogP contribution is 2.26. The van der Waals surface area contributed by atoms with Gasteiger partial charge in [0.25, 0.3) is 0 Å². The molecular formula is C22H30N4O2. The molecule has 6 nitrogen and oxygen atoms in total. The van der Waals surface area contributed by atoms with Crippen molar-refractivity contribution in [1.29, 1.82) is 0 Å². The Balaban J connectivity index is 1.86. The van der Waals surface area contributed by atoms with Crippen LogP contribution in [0.15, 0.2) is 18.2 Å². The summed E-state index contributed by atoms with van der Waals surface area (Å²) in [6, 6.07) is 6.57. The van der Waals surface area contributed by atoms with Gasteiger partial charge in [0.15, 0.2) is 0 Å². The van der Waals surface area contributed by atoms with Crippen molar-refractivity contribution >= 4 is 11.7 Å². The zero-order valence-corrected chi connectivity index (χ0v) is 17.6. The number of carbonyl (C=O) groups is 1. The van der Waals surface area contributed by atoms with Crippen LogP contribution in [0.5, 0.6) is 0 Å². The molecule has 6 heteroatoms. The first-order valence-electron chi connectivity index (χ1n) is 9.81. The fraction of sp³-hybridized carbons (Fsp3) is 0.500. The molecule has 150 valence electrons. The molecular weight excluding hydrogens is 352 g/mol. The number of benzene rings is 1. The van der Waals surface area contributed by atoms with Crippen LogP contribution in [0.4, 0.5) is 5.82 Å². The van der Waals surface area contributed by atoms with Gasteiger partial charge in [0.2, 0.25) is 5.91 Å². The van der Waals surface area contributed by atoms with Crippen molar-refractivity contribution in [2.75, 3.05) is 44.8 Å². The number of amides is 1. The highest BCUT2D eigenvalue weighted by molar-refractivity contribution is 5.77. The lowest BCUT2D eigenvalue weighted by atomic mass is 9.97. The lowest BCUT2D eigenvalue weighted by molar-refractivity contribution is -0.135. The van der Waals surface area contributed by atoms with E-state index in [-0.39, 0.29) is 12.5 Å². The second-order valence-electron chi connectivity index (χ2n) is 7.57. The number of piperazine rings is 1. The van der Waals surface area contributed by atoms with Crippen molar-refractivity contribution in [3.63, 3.8) is 0 Å². The molecule has 0 saturated carbocycles. The van der Waals surface area contributed by atoms with Crippen molar-refractivity contribution in [1.82, 2.24) is 14.9 Å². The predicted molar refractivity (Wildman–Crippen MR) is 111 cm³/mol. The normalized spacial score (nSPS) is 14.5. The average molecular weight is 383 g/mol. The molecule has 0 unspecified atom stereocenters. The molecule has 0 N–H and O–H groups in total. The van der Waals surface area contributed by atoms with Crippen LogP contribution in [0.1, 0.15) is 33.8 Å². The van der Waals surface area contributed by atoms with E-state index in [9.17, 15) is 4.79 Å². The minimum atomic E-state index is 0.0489. The zero-order valence-electron chi connectivity index (χ0n) is 17.6. The second-order valence-corrected chi connectivity index (χ2v) is 7.57. The van der Waals surface area contributed by atoms with Crippen LogP contribution < -0.4 is 4.90 Å². The van der Waals surface area contributed by atoms with Gasteiger partial charge in [0.1, 0.15) is 18.2 Å². The third-order valence-corrected chi connectivity index (χ3v) is 5.38. The van der Waals surface area contributed by atoms with E-state index in [2.05, 4.69) is 48.9 Å². The predicted octanol–water partition coefficient (Wildman–Crippen LogP) is 2.60. The van der Waals surface area contributed by atoms with Gasteiger partial charge in [-0.2, -0.15) is 0 Å². The summed E-state index contributed by atoms with van der Waals surface area (Å²) < 4.78 is 4.98. The molecule has 0 atom stereocenters. The molecule has 28 heavy (non-hydrogen) atoms. The molecule has 0 spiro atoms. The molecule has 1 fully saturated rings. The minimum absolute atomic E-state index is 0.0489. The summed E-state index contributed by atoms with van der Waals surface area (Å²) >= 11 is 0. The summed E-state index contributed by atoms with van der Waals surface area (Å²) in [6.45, 7) is 11.3. The van der Waals surface area contributed by atoms with E-state index in [4.69, 9.17) is 9.72 Å². The Hall–Kier alpha value is -2.47. The summed E-state index contributed by atoms with van der Waals surface area (Å²) in [5.74, 6) is 1.84. The third kappa shape index (κ3) is 4.50.